The molecule has 2 fully saturated rings. The van der Waals surface area contributed by atoms with Crippen molar-refractivity contribution in [3.8, 4) is 0 Å². The minimum atomic E-state index is -0.187. The van der Waals surface area contributed by atoms with Crippen LogP contribution in [0, 0.1) is 0 Å². The number of fused-ring (bicyclic) bond motifs is 1. The normalized spacial score (nSPS) is 20.8. The molecule has 34 heavy (non-hydrogen) atoms. The van der Waals surface area contributed by atoms with Crippen LogP contribution in [0.5, 0.6) is 0 Å². The van der Waals surface area contributed by atoms with E-state index in [1.54, 1.807) is 19.3 Å². The molecule has 178 valence electrons. The van der Waals surface area contributed by atoms with Crippen LogP contribution in [0.25, 0.3) is 11.0 Å². The van der Waals surface area contributed by atoms with Gasteiger partial charge in [0.1, 0.15) is 5.69 Å². The number of anilines is 1. The van der Waals surface area contributed by atoms with Crippen LogP contribution in [0.1, 0.15) is 35.0 Å². The summed E-state index contributed by atoms with van der Waals surface area (Å²) in [5.74, 6) is -0.187. The first-order chi connectivity index (χ1) is 16.6. The van der Waals surface area contributed by atoms with Gasteiger partial charge in [0.2, 0.25) is 0 Å². The molecule has 2 saturated heterocycles. The van der Waals surface area contributed by atoms with Gasteiger partial charge in [0.15, 0.2) is 0 Å². The molecule has 5 heterocycles. The molecule has 2 aliphatic rings. The summed E-state index contributed by atoms with van der Waals surface area (Å²) in [5.41, 5.74) is 4.80. The summed E-state index contributed by atoms with van der Waals surface area (Å²) in [4.78, 5) is 40.7. The second-order valence-electron chi connectivity index (χ2n) is 8.92. The van der Waals surface area contributed by atoms with Crippen molar-refractivity contribution in [1.29, 1.82) is 0 Å². The van der Waals surface area contributed by atoms with Gasteiger partial charge in [-0.3, -0.25) is 19.5 Å². The molecule has 0 aromatic carbocycles. The SMILES string of the molecule is CCc1cc2ncc(CN3CCN(c4ccc(C(=O)NC)nc4)C[C@H]3C3CCO3)cc2[nH]c1=O. The lowest BCUT2D eigenvalue weighted by Crippen LogP contribution is -2.60. The highest BCUT2D eigenvalue weighted by Gasteiger charge is 2.37. The average Bonchev–Trinajstić information content (AvgIpc) is 2.83. The lowest BCUT2D eigenvalue weighted by Gasteiger charge is -2.47. The number of nitrogens with zero attached hydrogens (tertiary/aromatic N) is 4. The first-order valence-electron chi connectivity index (χ1n) is 11.8. The van der Waals surface area contributed by atoms with Gasteiger partial charge in [0.05, 0.1) is 35.1 Å². The van der Waals surface area contributed by atoms with Gasteiger partial charge in [-0.25, -0.2) is 4.98 Å². The van der Waals surface area contributed by atoms with Gasteiger partial charge >= 0.3 is 0 Å². The third-order valence-electron chi connectivity index (χ3n) is 6.86. The second kappa shape index (κ2) is 9.52. The lowest BCUT2D eigenvalue weighted by atomic mass is 9.98. The van der Waals surface area contributed by atoms with Crippen molar-refractivity contribution >= 4 is 22.6 Å². The maximum absolute atomic E-state index is 12.3. The molecule has 3 aromatic rings. The van der Waals surface area contributed by atoms with E-state index in [4.69, 9.17) is 4.74 Å². The van der Waals surface area contributed by atoms with E-state index in [0.29, 0.717) is 12.1 Å². The number of carbonyl (C=O) groups is 1. The number of hydrogen-bond acceptors (Lipinski definition) is 7. The molecule has 2 aliphatic heterocycles. The third kappa shape index (κ3) is 4.41. The number of aryl methyl sites for hydroxylation is 1. The molecule has 9 heteroatoms. The van der Waals surface area contributed by atoms with Gasteiger partial charge in [-0.1, -0.05) is 6.92 Å². The van der Waals surface area contributed by atoms with E-state index >= 15 is 0 Å². The lowest BCUT2D eigenvalue weighted by molar-refractivity contribution is -0.102. The zero-order valence-electron chi connectivity index (χ0n) is 19.6. The second-order valence-corrected chi connectivity index (χ2v) is 8.92. The Bertz CT molecular complexity index is 1240. The minimum Gasteiger partial charge on any atom is -0.376 e. The number of pyridine rings is 3. The van der Waals surface area contributed by atoms with E-state index in [1.165, 1.54) is 0 Å². The number of hydrogen-bond donors (Lipinski definition) is 2. The maximum Gasteiger partial charge on any atom is 0.269 e. The largest absolute Gasteiger partial charge is 0.376 e. The van der Waals surface area contributed by atoms with E-state index in [2.05, 4.69) is 30.1 Å². The molecule has 3 aromatic heterocycles. The molecule has 1 amide bonds. The van der Waals surface area contributed by atoms with Crippen LogP contribution >= 0.6 is 0 Å². The van der Waals surface area contributed by atoms with Crippen molar-refractivity contribution in [3.63, 3.8) is 0 Å². The van der Waals surface area contributed by atoms with Crippen molar-refractivity contribution in [2.75, 3.05) is 38.2 Å². The standard InChI is InChI=1S/C25H30N6O3/c1-3-17-11-20-21(29-24(17)32)10-16(12-27-20)14-31-8-7-30(15-22(31)23-6-9-34-23)18-4-5-19(28-13-18)25(33)26-2/h4-5,10-13,22-23H,3,6-9,14-15H2,1-2H3,(H,26,33)(H,29,32)/t22-,23?/m0/s1. The van der Waals surface area contributed by atoms with E-state index in [0.717, 1.165) is 67.1 Å². The zero-order chi connectivity index (χ0) is 23.7. The predicted molar refractivity (Wildman–Crippen MR) is 130 cm³/mol. The van der Waals surface area contributed by atoms with Gasteiger partial charge in [-0.15, -0.1) is 0 Å². The van der Waals surface area contributed by atoms with Crippen LogP contribution in [-0.2, 0) is 17.7 Å². The molecule has 0 aliphatic carbocycles. The van der Waals surface area contributed by atoms with E-state index in [9.17, 15) is 9.59 Å². The summed E-state index contributed by atoms with van der Waals surface area (Å²) in [7, 11) is 1.60. The fourth-order valence-corrected chi connectivity index (χ4v) is 4.77. The molecule has 0 saturated carbocycles. The fraction of sp³-hybridized carbons (Fsp3) is 0.440. The summed E-state index contributed by atoms with van der Waals surface area (Å²) in [6.45, 7) is 6.05. The predicted octanol–water partition coefficient (Wildman–Crippen LogP) is 1.72. The Labute approximate surface area is 198 Å². The number of amides is 1. The monoisotopic (exact) mass is 462 g/mol. The molecular formula is C25H30N6O3. The van der Waals surface area contributed by atoms with Crippen LogP contribution in [-0.4, -0.2) is 71.2 Å². The summed E-state index contributed by atoms with van der Waals surface area (Å²) in [6, 6.07) is 7.88. The summed E-state index contributed by atoms with van der Waals surface area (Å²) in [6.07, 6.45) is 5.61. The number of rotatable bonds is 6. The first kappa shape index (κ1) is 22.5. The van der Waals surface area contributed by atoms with Gasteiger partial charge in [0.25, 0.3) is 11.5 Å². The summed E-state index contributed by atoms with van der Waals surface area (Å²) < 4.78 is 5.90. The molecule has 0 spiro atoms. The highest BCUT2D eigenvalue weighted by Crippen LogP contribution is 2.27. The maximum atomic E-state index is 12.3. The number of ether oxygens (including phenoxy) is 1. The summed E-state index contributed by atoms with van der Waals surface area (Å²) in [5, 5.41) is 2.60. The third-order valence-corrected chi connectivity index (χ3v) is 6.86. The molecule has 2 atom stereocenters. The zero-order valence-corrected chi connectivity index (χ0v) is 19.6. The minimum absolute atomic E-state index is 0.0423. The van der Waals surface area contributed by atoms with Crippen molar-refractivity contribution in [3.05, 3.63) is 63.8 Å². The molecular weight excluding hydrogens is 432 g/mol. The Hall–Kier alpha value is -3.30. The number of carbonyl (C=O) groups excluding carboxylic acids is 1. The molecule has 9 nitrogen and oxygen atoms in total. The number of aromatic nitrogens is 3. The molecule has 5 rings (SSSR count). The van der Waals surface area contributed by atoms with E-state index in [-0.39, 0.29) is 23.6 Å². The molecule has 0 radical (unpaired) electrons. The molecule has 2 N–H and O–H groups in total. The fourth-order valence-electron chi connectivity index (χ4n) is 4.77. The van der Waals surface area contributed by atoms with Crippen LogP contribution in [0.2, 0.25) is 0 Å². The van der Waals surface area contributed by atoms with Crippen LogP contribution in [0.4, 0.5) is 5.69 Å². The Morgan fingerprint density at radius 2 is 2.09 bits per heavy atom. The summed E-state index contributed by atoms with van der Waals surface area (Å²) >= 11 is 0. The highest BCUT2D eigenvalue weighted by molar-refractivity contribution is 5.92. The van der Waals surface area contributed by atoms with Crippen molar-refractivity contribution in [2.45, 2.75) is 38.5 Å². The van der Waals surface area contributed by atoms with Crippen LogP contribution in [0.3, 0.4) is 0 Å². The molecule has 1 unspecified atom stereocenters. The number of aromatic amines is 1. The average molecular weight is 463 g/mol. The Kier molecular flexibility index (Phi) is 6.30. The number of H-pyrrole nitrogens is 1. The van der Waals surface area contributed by atoms with Crippen LogP contribution in [0.15, 0.2) is 41.5 Å². The van der Waals surface area contributed by atoms with Crippen molar-refractivity contribution in [1.82, 2.24) is 25.2 Å². The van der Waals surface area contributed by atoms with Crippen molar-refractivity contribution in [2.24, 2.45) is 0 Å². The Morgan fingerprint density at radius 3 is 2.76 bits per heavy atom. The van der Waals surface area contributed by atoms with Crippen molar-refractivity contribution < 1.29 is 9.53 Å². The van der Waals surface area contributed by atoms with Gasteiger partial charge in [-0.05, 0) is 42.7 Å². The van der Waals surface area contributed by atoms with E-state index < -0.39 is 0 Å². The quantitative estimate of drug-likeness (QED) is 0.575. The smallest absolute Gasteiger partial charge is 0.269 e. The Morgan fingerprint density at radius 1 is 1.24 bits per heavy atom. The van der Waals surface area contributed by atoms with E-state index in [1.807, 2.05) is 31.3 Å². The number of piperazine rings is 1. The first-order valence-corrected chi connectivity index (χ1v) is 11.8. The molecule has 0 bridgehead atoms. The van der Waals surface area contributed by atoms with Crippen LogP contribution < -0.4 is 15.8 Å². The topological polar surface area (TPSA) is 103 Å². The number of nitrogens with one attached hydrogen (secondary N) is 2. The highest BCUT2D eigenvalue weighted by atomic mass is 16.5. The van der Waals surface area contributed by atoms with Gasteiger partial charge in [0, 0.05) is 51.6 Å². The van der Waals surface area contributed by atoms with Gasteiger partial charge in [-0.2, -0.15) is 0 Å². The van der Waals surface area contributed by atoms with Gasteiger partial charge < -0.3 is 19.9 Å². The Balaban J connectivity index is 1.33.